The van der Waals surface area contributed by atoms with Gasteiger partial charge in [0, 0.05) is 17.8 Å². The quantitative estimate of drug-likeness (QED) is 0.840. The molecule has 0 aliphatic heterocycles. The third-order valence-corrected chi connectivity index (χ3v) is 5.30. The predicted molar refractivity (Wildman–Crippen MR) is 84.4 cm³/mol. The van der Waals surface area contributed by atoms with Crippen molar-refractivity contribution in [3.05, 3.63) is 11.2 Å². The Morgan fingerprint density at radius 1 is 1.37 bits per heavy atom. The smallest absolute Gasteiger partial charge is 0.224 e. The van der Waals surface area contributed by atoms with Gasteiger partial charge in [0.25, 0.3) is 0 Å². The lowest BCUT2D eigenvalue weighted by Gasteiger charge is -2.27. The largest absolute Gasteiger partial charge is 0.367 e. The first kappa shape index (κ1) is 14.7. The van der Waals surface area contributed by atoms with Crippen LogP contribution in [0.25, 0.3) is 0 Å². The number of thioether (sulfide) groups is 1. The Balaban J connectivity index is 2.03. The molecule has 19 heavy (non-hydrogen) atoms. The molecule has 1 aromatic heterocycles. The van der Waals surface area contributed by atoms with Crippen molar-refractivity contribution < 1.29 is 0 Å². The maximum atomic E-state index is 6.15. The molecule has 0 radical (unpaired) electrons. The van der Waals surface area contributed by atoms with Crippen LogP contribution in [0.5, 0.6) is 0 Å². The van der Waals surface area contributed by atoms with Crippen LogP contribution in [0.3, 0.4) is 0 Å². The maximum Gasteiger partial charge on any atom is 0.224 e. The Hall–Kier alpha value is -0.680. The van der Waals surface area contributed by atoms with Crippen LogP contribution in [0.15, 0.2) is 6.20 Å². The van der Waals surface area contributed by atoms with Crippen molar-refractivity contribution in [2.45, 2.75) is 37.4 Å². The van der Waals surface area contributed by atoms with Gasteiger partial charge in [-0.1, -0.05) is 24.4 Å². The Morgan fingerprint density at radius 2 is 2.11 bits per heavy atom. The van der Waals surface area contributed by atoms with Crippen molar-refractivity contribution in [2.24, 2.45) is 0 Å². The molecule has 4 nitrogen and oxygen atoms in total. The van der Waals surface area contributed by atoms with E-state index in [1.807, 2.05) is 18.7 Å². The molecule has 106 valence electrons. The number of nitrogens with zero attached hydrogens (tertiary/aromatic N) is 2. The molecule has 6 heteroatoms. The normalized spacial score (nSPS) is 17.4. The fourth-order valence-corrected chi connectivity index (χ4v) is 3.52. The van der Waals surface area contributed by atoms with Gasteiger partial charge in [-0.2, -0.15) is 16.7 Å². The summed E-state index contributed by atoms with van der Waals surface area (Å²) >= 11 is 8.10. The van der Waals surface area contributed by atoms with Gasteiger partial charge < -0.3 is 10.6 Å². The average molecular weight is 301 g/mol. The van der Waals surface area contributed by atoms with E-state index in [1.54, 1.807) is 6.20 Å². The molecule has 1 heterocycles. The van der Waals surface area contributed by atoms with Crippen LogP contribution < -0.4 is 10.6 Å². The van der Waals surface area contributed by atoms with Crippen LogP contribution in [-0.2, 0) is 0 Å². The lowest BCUT2D eigenvalue weighted by Crippen LogP contribution is -2.30. The molecule has 0 atom stereocenters. The zero-order valence-electron chi connectivity index (χ0n) is 11.5. The molecule has 2 N–H and O–H groups in total. The molecule has 0 saturated heterocycles. The number of rotatable bonds is 6. The molecule has 1 aliphatic carbocycles. The SMILES string of the molecule is CCNc1ncc(Cl)c(NCC2(SC)CCCC2)n1. The Kier molecular flexibility index (Phi) is 5.16. The molecule has 0 aromatic carbocycles. The van der Waals surface area contributed by atoms with Crippen LogP contribution in [0.2, 0.25) is 5.02 Å². The first-order chi connectivity index (χ1) is 9.19. The zero-order chi connectivity index (χ0) is 13.7. The van der Waals surface area contributed by atoms with E-state index in [4.69, 9.17) is 11.6 Å². The number of aromatic nitrogens is 2. The molecule has 1 aromatic rings. The third-order valence-electron chi connectivity index (χ3n) is 3.60. The highest BCUT2D eigenvalue weighted by atomic mass is 35.5. The van der Waals surface area contributed by atoms with Crippen molar-refractivity contribution in [3.8, 4) is 0 Å². The standard InChI is InChI=1S/C13H21ClN4S/c1-3-15-12-16-8-10(14)11(18-12)17-9-13(19-2)6-4-5-7-13/h8H,3-7,9H2,1-2H3,(H2,15,16,17,18). The van der Waals surface area contributed by atoms with E-state index in [9.17, 15) is 0 Å². The topological polar surface area (TPSA) is 49.8 Å². The lowest BCUT2D eigenvalue weighted by atomic mass is 10.1. The number of anilines is 2. The fraction of sp³-hybridized carbons (Fsp3) is 0.692. The average Bonchev–Trinajstić information content (AvgIpc) is 2.89. The molecule has 0 spiro atoms. The van der Waals surface area contributed by atoms with E-state index in [1.165, 1.54) is 25.7 Å². The monoisotopic (exact) mass is 300 g/mol. The Morgan fingerprint density at radius 3 is 2.74 bits per heavy atom. The predicted octanol–water partition coefficient (Wildman–Crippen LogP) is 3.65. The molecule has 1 saturated carbocycles. The molecule has 0 unspecified atom stereocenters. The molecular formula is C13H21ClN4S. The summed E-state index contributed by atoms with van der Waals surface area (Å²) in [7, 11) is 0. The second-order valence-electron chi connectivity index (χ2n) is 4.87. The molecule has 0 amide bonds. The van der Waals surface area contributed by atoms with Gasteiger partial charge in [-0.3, -0.25) is 0 Å². The highest BCUT2D eigenvalue weighted by Crippen LogP contribution is 2.40. The summed E-state index contributed by atoms with van der Waals surface area (Å²) in [5, 5.41) is 7.08. The van der Waals surface area contributed by atoms with Gasteiger partial charge in [0.15, 0.2) is 5.82 Å². The second kappa shape index (κ2) is 6.66. The first-order valence-corrected chi connectivity index (χ1v) is 8.35. The van der Waals surface area contributed by atoms with Gasteiger partial charge in [-0.25, -0.2) is 4.98 Å². The van der Waals surface area contributed by atoms with Crippen molar-refractivity contribution in [3.63, 3.8) is 0 Å². The Labute approximate surface area is 124 Å². The molecular weight excluding hydrogens is 280 g/mol. The molecule has 1 fully saturated rings. The van der Waals surface area contributed by atoms with E-state index < -0.39 is 0 Å². The minimum atomic E-state index is 0.340. The number of nitrogens with one attached hydrogen (secondary N) is 2. The van der Waals surface area contributed by atoms with Crippen molar-refractivity contribution >= 4 is 35.1 Å². The second-order valence-corrected chi connectivity index (χ2v) is 6.55. The molecule has 0 bridgehead atoms. The fourth-order valence-electron chi connectivity index (χ4n) is 2.45. The number of halogens is 1. The molecule has 2 rings (SSSR count). The van der Waals surface area contributed by atoms with Gasteiger partial charge in [-0.15, -0.1) is 0 Å². The van der Waals surface area contributed by atoms with E-state index in [-0.39, 0.29) is 0 Å². The number of hydrogen-bond acceptors (Lipinski definition) is 5. The van der Waals surface area contributed by atoms with Crippen LogP contribution in [0.1, 0.15) is 32.6 Å². The van der Waals surface area contributed by atoms with Gasteiger partial charge >= 0.3 is 0 Å². The van der Waals surface area contributed by atoms with E-state index >= 15 is 0 Å². The van der Waals surface area contributed by atoms with E-state index in [2.05, 4.69) is 26.9 Å². The van der Waals surface area contributed by atoms with Gasteiger partial charge in [-0.05, 0) is 26.0 Å². The summed E-state index contributed by atoms with van der Waals surface area (Å²) in [6.07, 6.45) is 9.02. The lowest BCUT2D eigenvalue weighted by molar-refractivity contribution is 0.638. The molecule has 1 aliphatic rings. The summed E-state index contributed by atoms with van der Waals surface area (Å²) in [5.41, 5.74) is 0. The minimum Gasteiger partial charge on any atom is -0.367 e. The van der Waals surface area contributed by atoms with Crippen molar-refractivity contribution in [2.75, 3.05) is 30.0 Å². The van der Waals surface area contributed by atoms with E-state index in [0.717, 1.165) is 18.9 Å². The Bertz CT molecular complexity index is 421. The summed E-state index contributed by atoms with van der Waals surface area (Å²) in [4.78, 5) is 8.56. The van der Waals surface area contributed by atoms with Crippen LogP contribution in [-0.4, -0.2) is 34.1 Å². The van der Waals surface area contributed by atoms with Crippen molar-refractivity contribution in [1.82, 2.24) is 9.97 Å². The van der Waals surface area contributed by atoms with Gasteiger partial charge in [0.05, 0.1) is 6.20 Å². The van der Waals surface area contributed by atoms with Crippen LogP contribution >= 0.6 is 23.4 Å². The summed E-state index contributed by atoms with van der Waals surface area (Å²) in [6.45, 7) is 3.73. The zero-order valence-corrected chi connectivity index (χ0v) is 13.1. The number of hydrogen-bond donors (Lipinski definition) is 2. The van der Waals surface area contributed by atoms with Crippen LogP contribution in [0.4, 0.5) is 11.8 Å². The highest BCUT2D eigenvalue weighted by Gasteiger charge is 2.32. The highest BCUT2D eigenvalue weighted by molar-refractivity contribution is 8.00. The summed E-state index contributed by atoms with van der Waals surface area (Å²) in [6, 6.07) is 0. The van der Waals surface area contributed by atoms with Gasteiger partial charge in [0.1, 0.15) is 5.02 Å². The van der Waals surface area contributed by atoms with E-state index in [0.29, 0.717) is 15.7 Å². The van der Waals surface area contributed by atoms with Gasteiger partial charge in [0.2, 0.25) is 5.95 Å². The minimum absolute atomic E-state index is 0.340. The maximum absolute atomic E-state index is 6.15. The third kappa shape index (κ3) is 3.66. The summed E-state index contributed by atoms with van der Waals surface area (Å²) < 4.78 is 0.340. The van der Waals surface area contributed by atoms with Crippen molar-refractivity contribution in [1.29, 1.82) is 0 Å². The summed E-state index contributed by atoms with van der Waals surface area (Å²) in [5.74, 6) is 1.35. The van der Waals surface area contributed by atoms with Crippen LogP contribution in [0, 0.1) is 0 Å². The first-order valence-electron chi connectivity index (χ1n) is 6.74.